The highest BCUT2D eigenvalue weighted by atomic mass is 16.5. The van der Waals surface area contributed by atoms with E-state index in [9.17, 15) is 9.90 Å². The van der Waals surface area contributed by atoms with Crippen LogP contribution in [-0.4, -0.2) is 60.9 Å². The first-order chi connectivity index (χ1) is 25.6. The highest BCUT2D eigenvalue weighted by molar-refractivity contribution is 5.76. The van der Waals surface area contributed by atoms with Crippen LogP contribution in [0.5, 0.6) is 0 Å². The number of benzene rings is 1. The van der Waals surface area contributed by atoms with Crippen molar-refractivity contribution in [2.75, 3.05) is 26.8 Å². The lowest BCUT2D eigenvalue weighted by atomic mass is 9.98. The molecular formula is C47H86N2O3. The minimum absolute atomic E-state index is 0.0278. The molecule has 1 unspecified atom stereocenters. The van der Waals surface area contributed by atoms with Gasteiger partial charge in [0.2, 0.25) is 5.91 Å². The van der Waals surface area contributed by atoms with Crippen LogP contribution in [0.1, 0.15) is 206 Å². The zero-order chi connectivity index (χ0) is 37.7. The van der Waals surface area contributed by atoms with E-state index >= 15 is 0 Å². The molecule has 1 rings (SSSR count). The molecule has 0 bridgehead atoms. The van der Waals surface area contributed by atoms with Crippen molar-refractivity contribution in [1.29, 1.82) is 0 Å². The summed E-state index contributed by atoms with van der Waals surface area (Å²) in [4.78, 5) is 15.7. The Bertz CT molecular complexity index is 906. The molecule has 0 saturated carbocycles. The average Bonchev–Trinajstić information content (AvgIpc) is 3.15. The number of ether oxygens (including phenoxy) is 1. The first kappa shape index (κ1) is 48.3. The number of methoxy groups -OCH3 is 1. The quantitative estimate of drug-likeness (QED) is 0.0666. The van der Waals surface area contributed by atoms with Crippen LogP contribution >= 0.6 is 0 Å². The Morgan fingerprint density at radius 3 is 1.46 bits per heavy atom. The van der Waals surface area contributed by atoms with Gasteiger partial charge < -0.3 is 15.2 Å². The summed E-state index contributed by atoms with van der Waals surface area (Å²) in [5.41, 5.74) is 1.12. The normalized spacial score (nSPS) is 13.6. The van der Waals surface area contributed by atoms with Crippen LogP contribution in [0.4, 0.5) is 0 Å². The van der Waals surface area contributed by atoms with Gasteiger partial charge in [-0.2, -0.15) is 0 Å². The molecule has 0 aromatic heterocycles. The third-order valence-electron chi connectivity index (χ3n) is 10.8. The summed E-state index contributed by atoms with van der Waals surface area (Å²) in [6.07, 6.45) is 38.7. The van der Waals surface area contributed by atoms with Crippen LogP contribution < -0.4 is 5.32 Å². The molecule has 1 aromatic carbocycles. The van der Waals surface area contributed by atoms with Crippen LogP contribution in [0.3, 0.4) is 0 Å². The lowest BCUT2D eigenvalue weighted by molar-refractivity contribution is -0.123. The fourth-order valence-electron chi connectivity index (χ4n) is 7.40. The van der Waals surface area contributed by atoms with E-state index < -0.39 is 12.1 Å². The molecule has 0 fully saturated rings. The first-order valence-corrected chi connectivity index (χ1v) is 22.5. The number of carbonyl (C=O) groups excluding carboxylic acids is 1. The third kappa shape index (κ3) is 27.0. The van der Waals surface area contributed by atoms with Gasteiger partial charge in [0, 0.05) is 13.5 Å². The predicted molar refractivity (Wildman–Crippen MR) is 227 cm³/mol. The average molecular weight is 727 g/mol. The summed E-state index contributed by atoms with van der Waals surface area (Å²) in [5, 5.41) is 15.3. The van der Waals surface area contributed by atoms with Crippen LogP contribution in [0.25, 0.3) is 6.08 Å². The van der Waals surface area contributed by atoms with E-state index in [-0.39, 0.29) is 11.9 Å². The van der Waals surface area contributed by atoms with E-state index in [1.807, 2.05) is 6.07 Å². The smallest absolute Gasteiger partial charge is 0.220 e. The molecule has 5 heteroatoms. The Morgan fingerprint density at radius 2 is 1.04 bits per heavy atom. The fourth-order valence-corrected chi connectivity index (χ4v) is 7.40. The first-order valence-electron chi connectivity index (χ1n) is 22.5. The van der Waals surface area contributed by atoms with Crippen molar-refractivity contribution in [3.8, 4) is 0 Å². The summed E-state index contributed by atoms with van der Waals surface area (Å²) >= 11 is 0. The minimum atomic E-state index is -0.773. The second-order valence-electron chi connectivity index (χ2n) is 15.7. The van der Waals surface area contributed by atoms with Gasteiger partial charge in [0.15, 0.2) is 0 Å². The molecule has 302 valence electrons. The van der Waals surface area contributed by atoms with E-state index in [0.29, 0.717) is 13.0 Å². The molecule has 0 spiro atoms. The molecule has 0 aliphatic heterocycles. The van der Waals surface area contributed by atoms with Crippen LogP contribution in [0.2, 0.25) is 0 Å². The zero-order valence-electron chi connectivity index (χ0n) is 34.9. The lowest BCUT2D eigenvalue weighted by Gasteiger charge is -2.37. The van der Waals surface area contributed by atoms with Gasteiger partial charge in [0.1, 0.15) is 0 Å². The molecule has 3 atom stereocenters. The summed E-state index contributed by atoms with van der Waals surface area (Å²) in [6, 6.07) is 9.70. The number of aliphatic hydroxyl groups excluding tert-OH is 1. The van der Waals surface area contributed by atoms with E-state index in [1.165, 1.54) is 148 Å². The van der Waals surface area contributed by atoms with Gasteiger partial charge in [-0.1, -0.05) is 217 Å². The van der Waals surface area contributed by atoms with Gasteiger partial charge in [-0.25, -0.2) is 0 Å². The molecule has 52 heavy (non-hydrogen) atoms. The maximum absolute atomic E-state index is 13.2. The van der Waals surface area contributed by atoms with Crippen molar-refractivity contribution in [2.45, 2.75) is 219 Å². The molecule has 0 aliphatic carbocycles. The van der Waals surface area contributed by atoms with Gasteiger partial charge in [0.25, 0.3) is 0 Å². The van der Waals surface area contributed by atoms with Gasteiger partial charge in [-0.15, -0.1) is 0 Å². The van der Waals surface area contributed by atoms with Crippen molar-refractivity contribution in [3.05, 3.63) is 42.0 Å². The molecule has 0 aliphatic rings. The number of aliphatic hydroxyl groups is 1. The summed E-state index contributed by atoms with van der Waals surface area (Å²) < 4.78 is 5.60. The van der Waals surface area contributed by atoms with E-state index in [4.69, 9.17) is 4.74 Å². The van der Waals surface area contributed by atoms with Crippen molar-refractivity contribution >= 4 is 12.0 Å². The van der Waals surface area contributed by atoms with Crippen molar-refractivity contribution in [1.82, 2.24) is 10.2 Å². The molecule has 2 N–H and O–H groups in total. The van der Waals surface area contributed by atoms with Crippen molar-refractivity contribution < 1.29 is 14.6 Å². The second kappa shape index (κ2) is 36.3. The van der Waals surface area contributed by atoms with Crippen LogP contribution in [-0.2, 0) is 9.53 Å². The monoisotopic (exact) mass is 727 g/mol. The Balaban J connectivity index is 2.71. The third-order valence-corrected chi connectivity index (χ3v) is 10.8. The summed E-state index contributed by atoms with van der Waals surface area (Å²) in [5.74, 6) is 0.0278. The van der Waals surface area contributed by atoms with Gasteiger partial charge in [-0.05, 0) is 37.9 Å². The topological polar surface area (TPSA) is 61.8 Å². The summed E-state index contributed by atoms with van der Waals surface area (Å²) in [7, 11) is 1.67. The molecule has 5 nitrogen and oxygen atoms in total. The zero-order valence-corrected chi connectivity index (χ0v) is 34.9. The SMILES string of the molecule is CCCCCCCCCCCCCCCCCC(=O)N[C@@H](COC)[C@H](O)C(/C=C/c1ccccc1)N(CCCCCCCC)CCCCCCCC. The summed E-state index contributed by atoms with van der Waals surface area (Å²) in [6.45, 7) is 9.02. The largest absolute Gasteiger partial charge is 0.389 e. The highest BCUT2D eigenvalue weighted by Crippen LogP contribution is 2.19. The van der Waals surface area contributed by atoms with E-state index in [1.54, 1.807) is 7.11 Å². The number of nitrogens with one attached hydrogen (secondary N) is 1. The molecule has 1 aromatic rings. The standard InChI is InChI=1S/C47H86N2O3/c1-5-8-11-14-17-18-19-20-21-22-23-24-25-26-32-37-46(50)48-44(42-52-4)47(51)45(39-38-43-35-30-29-31-36-43)49(40-33-27-15-12-9-6-2)41-34-28-16-13-10-7-3/h29-31,35-36,38-39,44-45,47,51H,5-28,32-34,37,40-42H2,1-4H3,(H,48,50)/b39-38+/t44-,45?,47-/m0/s1. The fraction of sp³-hybridized carbons (Fsp3) is 0.809. The van der Waals surface area contributed by atoms with E-state index in [0.717, 1.165) is 44.3 Å². The van der Waals surface area contributed by atoms with Crippen LogP contribution in [0.15, 0.2) is 36.4 Å². The van der Waals surface area contributed by atoms with Crippen LogP contribution in [0, 0.1) is 0 Å². The number of unbranched alkanes of at least 4 members (excludes halogenated alkanes) is 24. The highest BCUT2D eigenvalue weighted by Gasteiger charge is 2.31. The molecule has 0 saturated heterocycles. The number of hydrogen-bond acceptors (Lipinski definition) is 4. The van der Waals surface area contributed by atoms with Gasteiger partial charge in [-0.3, -0.25) is 9.69 Å². The lowest BCUT2D eigenvalue weighted by Crippen LogP contribution is -2.55. The molecule has 1 amide bonds. The maximum Gasteiger partial charge on any atom is 0.220 e. The van der Waals surface area contributed by atoms with Gasteiger partial charge >= 0.3 is 0 Å². The predicted octanol–water partition coefficient (Wildman–Crippen LogP) is 12.8. The van der Waals surface area contributed by atoms with Crippen molar-refractivity contribution in [3.63, 3.8) is 0 Å². The second-order valence-corrected chi connectivity index (χ2v) is 15.7. The molecule has 0 radical (unpaired) electrons. The Kier molecular flexibility index (Phi) is 33.7. The van der Waals surface area contributed by atoms with Crippen molar-refractivity contribution in [2.24, 2.45) is 0 Å². The Hall–Kier alpha value is -1.69. The number of rotatable bonds is 38. The number of carbonyl (C=O) groups is 1. The minimum Gasteiger partial charge on any atom is -0.389 e. The van der Waals surface area contributed by atoms with E-state index in [2.05, 4.69) is 67.4 Å². The maximum atomic E-state index is 13.2. The number of hydrogen-bond donors (Lipinski definition) is 2. The number of amides is 1. The Labute approximate surface area is 323 Å². The molecular weight excluding hydrogens is 641 g/mol. The van der Waals surface area contributed by atoms with Gasteiger partial charge in [0.05, 0.1) is 24.8 Å². The Morgan fingerprint density at radius 1 is 0.635 bits per heavy atom. The number of nitrogens with zero attached hydrogens (tertiary/aromatic N) is 1. The molecule has 0 heterocycles.